The SMILES string of the molecule is C/C=C(/C)N=C(C)N(C=O)c1cnc(N2CCC(Oc3cccc(F)c3)CC2)c(Cl)c1. The Hall–Kier alpha value is -2.93. The summed E-state index contributed by atoms with van der Waals surface area (Å²) in [4.78, 5) is 24.0. The summed E-state index contributed by atoms with van der Waals surface area (Å²) in [7, 11) is 0. The Morgan fingerprint density at radius 1 is 1.32 bits per heavy atom. The quantitative estimate of drug-likeness (QED) is 0.348. The first-order valence-electron chi connectivity index (χ1n) is 10.2. The molecule has 31 heavy (non-hydrogen) atoms. The molecule has 0 atom stereocenters. The van der Waals surface area contributed by atoms with Gasteiger partial charge in [-0.05, 0) is 39.0 Å². The number of amides is 1. The number of carbonyl (C=O) groups excluding carboxylic acids is 1. The molecule has 0 saturated carbocycles. The van der Waals surface area contributed by atoms with Crippen LogP contribution in [0.3, 0.4) is 0 Å². The number of amidine groups is 1. The number of piperidine rings is 1. The third kappa shape index (κ3) is 5.82. The molecular formula is C23H26ClFN4O2. The summed E-state index contributed by atoms with van der Waals surface area (Å²) in [6, 6.07) is 7.91. The minimum atomic E-state index is -0.309. The number of nitrogens with zero attached hydrogens (tertiary/aromatic N) is 4. The summed E-state index contributed by atoms with van der Waals surface area (Å²) in [5, 5.41) is 0.462. The van der Waals surface area contributed by atoms with E-state index >= 15 is 0 Å². The van der Waals surface area contributed by atoms with Gasteiger partial charge in [0.15, 0.2) is 0 Å². The second-order valence-corrected chi connectivity index (χ2v) is 7.73. The van der Waals surface area contributed by atoms with Gasteiger partial charge < -0.3 is 9.64 Å². The lowest BCUT2D eigenvalue weighted by atomic mass is 10.1. The van der Waals surface area contributed by atoms with Gasteiger partial charge in [-0.25, -0.2) is 14.4 Å². The van der Waals surface area contributed by atoms with Crippen LogP contribution in [-0.4, -0.2) is 36.4 Å². The first-order chi connectivity index (χ1) is 14.9. The first-order valence-corrected chi connectivity index (χ1v) is 10.5. The van der Waals surface area contributed by atoms with E-state index in [1.165, 1.54) is 17.0 Å². The van der Waals surface area contributed by atoms with E-state index in [4.69, 9.17) is 16.3 Å². The molecule has 0 unspecified atom stereocenters. The van der Waals surface area contributed by atoms with Gasteiger partial charge >= 0.3 is 0 Å². The van der Waals surface area contributed by atoms with E-state index in [1.807, 2.05) is 19.9 Å². The number of aliphatic imine (C=N–C) groups is 1. The summed E-state index contributed by atoms with van der Waals surface area (Å²) in [6.07, 6.45) is 5.73. The van der Waals surface area contributed by atoms with Crippen LogP contribution in [0.5, 0.6) is 5.75 Å². The van der Waals surface area contributed by atoms with Gasteiger partial charge in [-0.2, -0.15) is 0 Å². The van der Waals surface area contributed by atoms with E-state index in [-0.39, 0.29) is 11.9 Å². The van der Waals surface area contributed by atoms with Crippen molar-refractivity contribution in [3.8, 4) is 5.75 Å². The standard InChI is InChI=1S/C23H26ClFN4O2/c1-4-16(2)27-17(3)29(15-30)19-13-22(24)23(26-14-19)28-10-8-20(9-11-28)31-21-7-5-6-18(25)12-21/h4-7,12-15,20H,8-11H2,1-3H3/b16-4-,27-17?. The summed E-state index contributed by atoms with van der Waals surface area (Å²) in [6.45, 7) is 6.93. The maximum absolute atomic E-state index is 13.3. The van der Waals surface area contributed by atoms with Crippen molar-refractivity contribution in [2.45, 2.75) is 39.7 Å². The molecule has 8 heteroatoms. The molecule has 0 bridgehead atoms. The average Bonchev–Trinajstić information content (AvgIpc) is 2.75. The van der Waals surface area contributed by atoms with Crippen molar-refractivity contribution >= 4 is 35.4 Å². The molecular weight excluding hydrogens is 419 g/mol. The number of halogens is 2. The maximum Gasteiger partial charge on any atom is 0.219 e. The highest BCUT2D eigenvalue weighted by Gasteiger charge is 2.24. The largest absolute Gasteiger partial charge is 0.490 e. The molecule has 0 N–H and O–H groups in total. The smallest absolute Gasteiger partial charge is 0.219 e. The molecule has 6 nitrogen and oxygen atoms in total. The Bertz CT molecular complexity index is 987. The van der Waals surface area contributed by atoms with E-state index in [1.54, 1.807) is 31.3 Å². The van der Waals surface area contributed by atoms with Crippen LogP contribution < -0.4 is 14.5 Å². The number of anilines is 2. The molecule has 2 heterocycles. The minimum Gasteiger partial charge on any atom is -0.490 e. The zero-order chi connectivity index (χ0) is 22.4. The van der Waals surface area contributed by atoms with Crippen LogP contribution in [0.15, 0.2) is 53.3 Å². The van der Waals surface area contributed by atoms with Gasteiger partial charge in [0.1, 0.15) is 29.3 Å². The third-order valence-corrected chi connectivity index (χ3v) is 5.41. The molecule has 1 aliphatic heterocycles. The number of hydrogen-bond acceptors (Lipinski definition) is 5. The predicted octanol–water partition coefficient (Wildman–Crippen LogP) is 5.23. The second kappa shape index (κ2) is 10.4. The lowest BCUT2D eigenvalue weighted by Crippen LogP contribution is -2.39. The van der Waals surface area contributed by atoms with Gasteiger partial charge in [-0.1, -0.05) is 23.7 Å². The highest BCUT2D eigenvalue weighted by atomic mass is 35.5. The van der Waals surface area contributed by atoms with Gasteiger partial charge in [0.05, 0.1) is 16.9 Å². The van der Waals surface area contributed by atoms with E-state index in [0.717, 1.165) is 18.5 Å². The molecule has 1 saturated heterocycles. The Labute approximate surface area is 187 Å². The van der Waals surface area contributed by atoms with Gasteiger partial charge in [0.25, 0.3) is 0 Å². The normalized spacial score (nSPS) is 15.7. The fourth-order valence-electron chi connectivity index (χ4n) is 3.40. The number of ether oxygens (including phenoxy) is 1. The molecule has 0 aliphatic carbocycles. The molecule has 1 aliphatic rings. The third-order valence-electron chi connectivity index (χ3n) is 5.14. The zero-order valence-corrected chi connectivity index (χ0v) is 18.6. The highest BCUT2D eigenvalue weighted by Crippen LogP contribution is 2.30. The van der Waals surface area contributed by atoms with E-state index in [2.05, 4.69) is 14.9 Å². The monoisotopic (exact) mass is 444 g/mol. The molecule has 1 aromatic heterocycles. The number of carbonyl (C=O) groups is 1. The van der Waals surface area contributed by atoms with Gasteiger partial charge in [-0.3, -0.25) is 9.69 Å². The van der Waals surface area contributed by atoms with Crippen molar-refractivity contribution in [1.82, 2.24) is 4.98 Å². The van der Waals surface area contributed by atoms with Crippen LogP contribution in [-0.2, 0) is 4.79 Å². The van der Waals surface area contributed by atoms with Crippen LogP contribution in [0.2, 0.25) is 5.02 Å². The molecule has 1 amide bonds. The molecule has 0 radical (unpaired) electrons. The fraction of sp³-hybridized carbons (Fsp3) is 0.348. The van der Waals surface area contributed by atoms with Gasteiger partial charge in [-0.15, -0.1) is 0 Å². The van der Waals surface area contributed by atoms with Crippen molar-refractivity contribution in [2.75, 3.05) is 22.9 Å². The highest BCUT2D eigenvalue weighted by molar-refractivity contribution is 6.33. The Balaban J connectivity index is 1.66. The molecule has 0 spiro atoms. The van der Waals surface area contributed by atoms with Crippen molar-refractivity contribution in [3.63, 3.8) is 0 Å². The summed E-state index contributed by atoms with van der Waals surface area (Å²) in [5.41, 5.74) is 1.36. The zero-order valence-electron chi connectivity index (χ0n) is 17.9. The summed E-state index contributed by atoms with van der Waals surface area (Å²) in [5.74, 6) is 1.43. The lowest BCUT2D eigenvalue weighted by Gasteiger charge is -2.33. The molecule has 1 aromatic carbocycles. The predicted molar refractivity (Wildman–Crippen MR) is 123 cm³/mol. The van der Waals surface area contributed by atoms with Crippen LogP contribution in [0.1, 0.15) is 33.6 Å². The maximum atomic E-state index is 13.3. The van der Waals surface area contributed by atoms with Crippen molar-refractivity contribution in [2.24, 2.45) is 4.99 Å². The Morgan fingerprint density at radius 3 is 2.68 bits per heavy atom. The molecule has 3 rings (SSSR count). The van der Waals surface area contributed by atoms with Gasteiger partial charge in [0, 0.05) is 37.7 Å². The minimum absolute atomic E-state index is 0.00961. The number of allylic oxidation sites excluding steroid dienone is 2. The van der Waals surface area contributed by atoms with Gasteiger partial charge in [0.2, 0.25) is 6.41 Å². The van der Waals surface area contributed by atoms with Crippen LogP contribution in [0, 0.1) is 5.82 Å². The van der Waals surface area contributed by atoms with Crippen molar-refractivity contribution in [1.29, 1.82) is 0 Å². The number of aromatic nitrogens is 1. The average molecular weight is 445 g/mol. The van der Waals surface area contributed by atoms with E-state index in [0.29, 0.717) is 47.6 Å². The first kappa shape index (κ1) is 22.7. The van der Waals surface area contributed by atoms with Crippen molar-refractivity contribution < 1.29 is 13.9 Å². The van der Waals surface area contributed by atoms with E-state index in [9.17, 15) is 9.18 Å². The summed E-state index contributed by atoms with van der Waals surface area (Å²) >= 11 is 6.51. The number of benzene rings is 1. The van der Waals surface area contributed by atoms with E-state index < -0.39 is 0 Å². The number of hydrogen-bond donors (Lipinski definition) is 0. The number of pyridine rings is 1. The summed E-state index contributed by atoms with van der Waals surface area (Å²) < 4.78 is 19.2. The van der Waals surface area contributed by atoms with Crippen LogP contribution >= 0.6 is 11.6 Å². The lowest BCUT2D eigenvalue weighted by molar-refractivity contribution is -0.106. The topological polar surface area (TPSA) is 58.0 Å². The molecule has 1 fully saturated rings. The molecule has 164 valence electrons. The molecule has 2 aromatic rings. The Morgan fingerprint density at radius 2 is 2.06 bits per heavy atom. The van der Waals surface area contributed by atoms with Crippen LogP contribution in [0.4, 0.5) is 15.9 Å². The second-order valence-electron chi connectivity index (χ2n) is 7.33. The van der Waals surface area contributed by atoms with Crippen LogP contribution in [0.25, 0.3) is 0 Å². The Kier molecular flexibility index (Phi) is 7.63. The van der Waals surface area contributed by atoms with Crippen molar-refractivity contribution in [3.05, 3.63) is 59.1 Å². The fourth-order valence-corrected chi connectivity index (χ4v) is 3.68. The number of rotatable bonds is 6.